The summed E-state index contributed by atoms with van der Waals surface area (Å²) in [6, 6.07) is 0.441. The summed E-state index contributed by atoms with van der Waals surface area (Å²) in [5.74, 6) is 1.48. The van der Waals surface area contributed by atoms with Crippen LogP contribution in [0.4, 0.5) is 0 Å². The minimum absolute atomic E-state index is 0.0237. The summed E-state index contributed by atoms with van der Waals surface area (Å²) in [6.45, 7) is 6.43. The Hall–Kier alpha value is -1.16. The van der Waals surface area contributed by atoms with Gasteiger partial charge < -0.3 is 9.84 Å². The molecule has 18 heavy (non-hydrogen) atoms. The summed E-state index contributed by atoms with van der Waals surface area (Å²) in [4.78, 5) is 8.44. The van der Waals surface area contributed by atoms with Crippen LogP contribution >= 0.6 is 0 Å². The van der Waals surface area contributed by atoms with Crippen molar-refractivity contribution in [2.75, 3.05) is 0 Å². The number of aromatic nitrogens is 2. The fraction of sp³-hybridized carbons (Fsp3) is 0.714. The first-order valence-corrected chi connectivity index (χ1v) is 6.70. The number of hydrogen-bond donors (Lipinski definition) is 1. The molecule has 1 aromatic rings. The van der Waals surface area contributed by atoms with E-state index in [9.17, 15) is 0 Å². The molecular weight excluding hydrogens is 228 g/mol. The van der Waals surface area contributed by atoms with Crippen LogP contribution in [-0.4, -0.2) is 21.2 Å². The van der Waals surface area contributed by atoms with E-state index in [-0.39, 0.29) is 12.7 Å². The SMILES string of the molecule is Cc1nc(OC2CCC(C)C(C)C2)ncc1CO. The number of aliphatic hydroxyl groups excluding tert-OH is 1. The maximum absolute atomic E-state index is 9.07. The van der Waals surface area contributed by atoms with Gasteiger partial charge in [0.1, 0.15) is 6.10 Å². The number of hydrogen-bond acceptors (Lipinski definition) is 4. The molecule has 1 saturated carbocycles. The predicted octanol–water partition coefficient (Wildman–Crippen LogP) is 2.48. The van der Waals surface area contributed by atoms with Crippen molar-refractivity contribution in [2.45, 2.75) is 52.7 Å². The number of ether oxygens (including phenoxy) is 1. The Labute approximate surface area is 108 Å². The van der Waals surface area contributed by atoms with Crippen molar-refractivity contribution in [3.05, 3.63) is 17.5 Å². The lowest BCUT2D eigenvalue weighted by atomic mass is 9.80. The van der Waals surface area contributed by atoms with E-state index >= 15 is 0 Å². The molecule has 0 bridgehead atoms. The van der Waals surface area contributed by atoms with Crippen LogP contribution in [0.5, 0.6) is 6.01 Å². The molecule has 1 aliphatic rings. The summed E-state index contributed by atoms with van der Waals surface area (Å²) in [6.07, 6.45) is 5.24. The molecule has 2 rings (SSSR count). The Kier molecular flexibility index (Phi) is 4.17. The second-order valence-corrected chi connectivity index (χ2v) is 5.43. The Morgan fingerprint density at radius 1 is 1.33 bits per heavy atom. The van der Waals surface area contributed by atoms with Crippen molar-refractivity contribution in [2.24, 2.45) is 11.8 Å². The van der Waals surface area contributed by atoms with E-state index in [0.29, 0.717) is 11.9 Å². The van der Waals surface area contributed by atoms with Gasteiger partial charge in [0.25, 0.3) is 0 Å². The first kappa shape index (κ1) is 13.3. The average molecular weight is 250 g/mol. The lowest BCUT2D eigenvalue weighted by molar-refractivity contribution is 0.0916. The molecule has 3 atom stereocenters. The summed E-state index contributed by atoms with van der Waals surface area (Å²) in [7, 11) is 0. The molecule has 1 heterocycles. The monoisotopic (exact) mass is 250 g/mol. The summed E-state index contributed by atoms with van der Waals surface area (Å²) < 4.78 is 5.85. The number of nitrogens with zero attached hydrogens (tertiary/aromatic N) is 2. The predicted molar refractivity (Wildman–Crippen MR) is 69.3 cm³/mol. The number of aryl methyl sites for hydroxylation is 1. The van der Waals surface area contributed by atoms with Crippen molar-refractivity contribution < 1.29 is 9.84 Å². The number of aliphatic hydroxyl groups is 1. The third-order valence-corrected chi connectivity index (χ3v) is 4.05. The molecule has 1 aromatic heterocycles. The van der Waals surface area contributed by atoms with E-state index in [1.165, 1.54) is 6.42 Å². The molecule has 0 aliphatic heterocycles. The molecule has 0 aromatic carbocycles. The summed E-state index contributed by atoms with van der Waals surface area (Å²) >= 11 is 0. The van der Waals surface area contributed by atoms with E-state index in [2.05, 4.69) is 23.8 Å². The van der Waals surface area contributed by atoms with E-state index in [4.69, 9.17) is 9.84 Å². The lowest BCUT2D eigenvalue weighted by Gasteiger charge is -2.31. The largest absolute Gasteiger partial charge is 0.460 e. The second kappa shape index (κ2) is 5.65. The Bertz CT molecular complexity index is 409. The molecule has 3 unspecified atom stereocenters. The van der Waals surface area contributed by atoms with E-state index in [0.717, 1.165) is 30.0 Å². The minimum atomic E-state index is -0.0237. The van der Waals surface area contributed by atoms with Gasteiger partial charge in [-0.05, 0) is 38.0 Å². The van der Waals surface area contributed by atoms with Crippen molar-refractivity contribution in [3.8, 4) is 6.01 Å². The summed E-state index contributed by atoms with van der Waals surface area (Å²) in [5.41, 5.74) is 1.55. The van der Waals surface area contributed by atoms with E-state index in [1.54, 1.807) is 6.20 Å². The zero-order chi connectivity index (χ0) is 13.1. The normalized spacial score (nSPS) is 28.1. The summed E-state index contributed by atoms with van der Waals surface area (Å²) in [5, 5.41) is 9.07. The third kappa shape index (κ3) is 2.99. The number of rotatable bonds is 3. The molecule has 4 heteroatoms. The van der Waals surface area contributed by atoms with Gasteiger partial charge in [0.05, 0.1) is 12.3 Å². The maximum Gasteiger partial charge on any atom is 0.316 e. The van der Waals surface area contributed by atoms with E-state index in [1.807, 2.05) is 6.92 Å². The lowest BCUT2D eigenvalue weighted by Crippen LogP contribution is -2.29. The molecule has 0 spiro atoms. The average Bonchev–Trinajstić information content (AvgIpc) is 2.34. The molecular formula is C14H22N2O2. The molecule has 100 valence electrons. The topological polar surface area (TPSA) is 55.2 Å². The molecule has 0 amide bonds. The zero-order valence-corrected chi connectivity index (χ0v) is 11.4. The Morgan fingerprint density at radius 2 is 2.11 bits per heavy atom. The van der Waals surface area contributed by atoms with Crippen LogP contribution in [0.2, 0.25) is 0 Å². The van der Waals surface area contributed by atoms with Crippen LogP contribution in [0.15, 0.2) is 6.20 Å². The third-order valence-electron chi connectivity index (χ3n) is 4.05. The highest BCUT2D eigenvalue weighted by atomic mass is 16.5. The molecule has 4 nitrogen and oxygen atoms in total. The first-order chi connectivity index (χ1) is 8.60. The first-order valence-electron chi connectivity index (χ1n) is 6.70. The van der Waals surface area contributed by atoms with Crippen LogP contribution in [0.3, 0.4) is 0 Å². The van der Waals surface area contributed by atoms with Crippen LogP contribution in [0.25, 0.3) is 0 Å². The van der Waals surface area contributed by atoms with Gasteiger partial charge in [0.15, 0.2) is 0 Å². The second-order valence-electron chi connectivity index (χ2n) is 5.43. The quantitative estimate of drug-likeness (QED) is 0.895. The van der Waals surface area contributed by atoms with Crippen LogP contribution < -0.4 is 4.74 Å². The van der Waals surface area contributed by atoms with Gasteiger partial charge in [-0.3, -0.25) is 0 Å². The van der Waals surface area contributed by atoms with Gasteiger partial charge in [-0.15, -0.1) is 0 Å². The molecule has 0 radical (unpaired) electrons. The highest BCUT2D eigenvalue weighted by Gasteiger charge is 2.26. The van der Waals surface area contributed by atoms with Gasteiger partial charge in [-0.1, -0.05) is 13.8 Å². The highest BCUT2D eigenvalue weighted by Crippen LogP contribution is 2.31. The molecule has 1 N–H and O–H groups in total. The van der Waals surface area contributed by atoms with Gasteiger partial charge in [0, 0.05) is 11.8 Å². The minimum Gasteiger partial charge on any atom is -0.460 e. The molecule has 1 fully saturated rings. The maximum atomic E-state index is 9.07. The van der Waals surface area contributed by atoms with E-state index < -0.39 is 0 Å². The highest BCUT2D eigenvalue weighted by molar-refractivity contribution is 5.16. The van der Waals surface area contributed by atoms with Crippen molar-refractivity contribution >= 4 is 0 Å². The Morgan fingerprint density at radius 3 is 2.72 bits per heavy atom. The van der Waals surface area contributed by atoms with Crippen LogP contribution in [0, 0.1) is 18.8 Å². The molecule has 0 saturated heterocycles. The van der Waals surface area contributed by atoms with Crippen LogP contribution in [-0.2, 0) is 6.61 Å². The molecule has 1 aliphatic carbocycles. The fourth-order valence-corrected chi connectivity index (χ4v) is 2.44. The Balaban J connectivity index is 1.99. The zero-order valence-electron chi connectivity index (χ0n) is 11.4. The van der Waals surface area contributed by atoms with Gasteiger partial charge in [-0.25, -0.2) is 9.97 Å². The van der Waals surface area contributed by atoms with Crippen LogP contribution in [0.1, 0.15) is 44.4 Å². The smallest absolute Gasteiger partial charge is 0.316 e. The van der Waals surface area contributed by atoms with Gasteiger partial charge in [0.2, 0.25) is 0 Å². The fourth-order valence-electron chi connectivity index (χ4n) is 2.44. The van der Waals surface area contributed by atoms with Gasteiger partial charge in [-0.2, -0.15) is 0 Å². The van der Waals surface area contributed by atoms with Crippen molar-refractivity contribution in [1.29, 1.82) is 0 Å². The standard InChI is InChI=1S/C14H22N2O2/c1-9-4-5-13(6-10(9)2)18-14-15-7-12(8-17)11(3)16-14/h7,9-10,13,17H,4-6,8H2,1-3H3. The van der Waals surface area contributed by atoms with Crippen molar-refractivity contribution in [1.82, 2.24) is 9.97 Å². The van der Waals surface area contributed by atoms with Gasteiger partial charge >= 0.3 is 6.01 Å². The van der Waals surface area contributed by atoms with Crippen molar-refractivity contribution in [3.63, 3.8) is 0 Å².